The van der Waals surface area contributed by atoms with Crippen molar-refractivity contribution in [2.24, 2.45) is 0 Å². The summed E-state index contributed by atoms with van der Waals surface area (Å²) in [6, 6.07) is 2.92. The predicted molar refractivity (Wildman–Crippen MR) is 76.7 cm³/mol. The van der Waals surface area contributed by atoms with Gasteiger partial charge in [-0.15, -0.1) is 0 Å². The summed E-state index contributed by atoms with van der Waals surface area (Å²) < 4.78 is 26.5. The summed E-state index contributed by atoms with van der Waals surface area (Å²) in [6.45, 7) is -0.0615. The molecule has 1 aliphatic heterocycles. The van der Waals surface area contributed by atoms with Gasteiger partial charge in [-0.1, -0.05) is 18.0 Å². The van der Waals surface area contributed by atoms with Crippen molar-refractivity contribution in [3.63, 3.8) is 0 Å². The molecule has 0 amide bonds. The van der Waals surface area contributed by atoms with Crippen LogP contribution in [0, 0.1) is 10.1 Å². The quantitative estimate of drug-likeness (QED) is 0.668. The Kier molecular flexibility index (Phi) is 4.82. The van der Waals surface area contributed by atoms with E-state index < -0.39 is 31.6 Å². The second kappa shape index (κ2) is 6.27. The molecule has 0 radical (unpaired) electrons. The van der Waals surface area contributed by atoms with Gasteiger partial charge in [0.1, 0.15) is 0 Å². The first-order chi connectivity index (χ1) is 9.87. The Balaban J connectivity index is 2.51. The maximum absolute atomic E-state index is 12.7. The Labute approximate surface area is 127 Å². The number of rotatable bonds is 4. The van der Waals surface area contributed by atoms with Crippen LogP contribution in [-0.2, 0) is 10.0 Å². The van der Waals surface area contributed by atoms with E-state index >= 15 is 0 Å². The molecule has 1 aromatic rings. The van der Waals surface area contributed by atoms with Gasteiger partial charge >= 0.3 is 0 Å². The van der Waals surface area contributed by atoms with Gasteiger partial charge < -0.3 is 5.11 Å². The highest BCUT2D eigenvalue weighted by atomic mass is 35.5. The van der Waals surface area contributed by atoms with Gasteiger partial charge in [0.05, 0.1) is 11.5 Å². The van der Waals surface area contributed by atoms with Crippen LogP contribution >= 0.6 is 11.6 Å². The van der Waals surface area contributed by atoms with Crippen LogP contribution in [0.25, 0.3) is 0 Å². The molecular weight excluding hydrogens is 320 g/mol. The number of nitro groups is 1. The van der Waals surface area contributed by atoms with Crippen LogP contribution in [0.1, 0.15) is 19.3 Å². The standard InChI is InChI=1S/C12H15ClN2O5S/c13-9-4-5-12(11(7-9)15(17)18)21(19,20)14-6-2-1-3-10(14)8-16/h4-5,7,10,16H,1-3,6,8H2. The molecule has 1 atom stereocenters. The Morgan fingerprint density at radius 2 is 2.14 bits per heavy atom. The van der Waals surface area contributed by atoms with E-state index in [0.29, 0.717) is 12.8 Å². The SMILES string of the molecule is O=[N+]([O-])c1cc(Cl)ccc1S(=O)(=O)N1CCCCC1CO. The molecule has 0 bridgehead atoms. The van der Waals surface area contributed by atoms with Gasteiger partial charge in [0, 0.05) is 23.7 Å². The third kappa shape index (κ3) is 3.18. The third-order valence-corrected chi connectivity index (χ3v) is 5.72. The summed E-state index contributed by atoms with van der Waals surface area (Å²) in [5.74, 6) is 0. The molecule has 1 heterocycles. The van der Waals surface area contributed by atoms with E-state index in [1.807, 2.05) is 0 Å². The minimum absolute atomic E-state index is 0.0954. The average molecular weight is 335 g/mol. The molecule has 1 saturated heterocycles. The Bertz CT molecular complexity index is 649. The van der Waals surface area contributed by atoms with E-state index in [2.05, 4.69) is 0 Å². The number of nitro benzene ring substituents is 1. The number of sulfonamides is 1. The van der Waals surface area contributed by atoms with Crippen molar-refractivity contribution < 1.29 is 18.4 Å². The molecule has 9 heteroatoms. The molecule has 0 aromatic heterocycles. The van der Waals surface area contributed by atoms with Gasteiger partial charge in [-0.3, -0.25) is 10.1 Å². The molecule has 7 nitrogen and oxygen atoms in total. The lowest BCUT2D eigenvalue weighted by molar-refractivity contribution is -0.387. The van der Waals surface area contributed by atoms with Crippen LogP contribution in [0.5, 0.6) is 0 Å². The van der Waals surface area contributed by atoms with Crippen LogP contribution in [0.2, 0.25) is 5.02 Å². The largest absolute Gasteiger partial charge is 0.395 e. The molecule has 0 saturated carbocycles. The number of aliphatic hydroxyl groups excluding tert-OH is 1. The van der Waals surface area contributed by atoms with Crippen LogP contribution in [0.15, 0.2) is 23.1 Å². The summed E-state index contributed by atoms with van der Waals surface area (Å²) in [5, 5.41) is 20.5. The van der Waals surface area contributed by atoms with E-state index in [1.165, 1.54) is 6.07 Å². The lowest BCUT2D eigenvalue weighted by Crippen LogP contribution is -2.45. The molecule has 1 fully saturated rings. The number of piperidine rings is 1. The molecule has 1 aliphatic rings. The molecule has 1 aromatic carbocycles. The Morgan fingerprint density at radius 1 is 1.43 bits per heavy atom. The van der Waals surface area contributed by atoms with Gasteiger partial charge in [-0.2, -0.15) is 4.31 Å². The number of benzene rings is 1. The van der Waals surface area contributed by atoms with Crippen LogP contribution in [-0.4, -0.2) is 41.9 Å². The highest BCUT2D eigenvalue weighted by molar-refractivity contribution is 7.89. The average Bonchev–Trinajstić information content (AvgIpc) is 2.46. The fourth-order valence-electron chi connectivity index (χ4n) is 2.45. The topological polar surface area (TPSA) is 101 Å². The molecule has 116 valence electrons. The third-order valence-electron chi connectivity index (χ3n) is 3.49. The maximum atomic E-state index is 12.7. The number of aliphatic hydroxyl groups is 1. The van der Waals surface area contributed by atoms with E-state index in [1.54, 1.807) is 0 Å². The summed E-state index contributed by atoms with van der Waals surface area (Å²) in [6.07, 6.45) is 2.02. The highest BCUT2D eigenvalue weighted by Crippen LogP contribution is 2.32. The molecule has 0 aliphatic carbocycles. The first kappa shape index (κ1) is 16.2. The smallest absolute Gasteiger partial charge is 0.290 e. The summed E-state index contributed by atoms with van der Waals surface area (Å²) in [4.78, 5) is 9.91. The van der Waals surface area contributed by atoms with Crippen molar-refractivity contribution in [3.8, 4) is 0 Å². The molecule has 2 rings (SSSR count). The van der Waals surface area contributed by atoms with Crippen LogP contribution < -0.4 is 0 Å². The van der Waals surface area contributed by atoms with Gasteiger partial charge in [0.2, 0.25) is 10.0 Å². The summed E-state index contributed by atoms with van der Waals surface area (Å²) >= 11 is 5.70. The molecule has 0 spiro atoms. The van der Waals surface area contributed by atoms with Gasteiger partial charge in [-0.05, 0) is 25.0 Å². The zero-order valence-corrected chi connectivity index (χ0v) is 12.7. The van der Waals surface area contributed by atoms with Crippen LogP contribution in [0.3, 0.4) is 0 Å². The monoisotopic (exact) mass is 334 g/mol. The van der Waals surface area contributed by atoms with Crippen molar-refractivity contribution in [2.75, 3.05) is 13.2 Å². The maximum Gasteiger partial charge on any atom is 0.290 e. The first-order valence-electron chi connectivity index (χ1n) is 6.44. The molecule has 1 N–H and O–H groups in total. The minimum Gasteiger partial charge on any atom is -0.395 e. The number of hydrogen-bond acceptors (Lipinski definition) is 5. The zero-order valence-electron chi connectivity index (χ0n) is 11.1. The van der Waals surface area contributed by atoms with E-state index in [0.717, 1.165) is 22.9 Å². The van der Waals surface area contributed by atoms with Crippen LogP contribution in [0.4, 0.5) is 5.69 Å². The lowest BCUT2D eigenvalue weighted by Gasteiger charge is -2.33. The van der Waals surface area contributed by atoms with Crippen molar-refractivity contribution in [2.45, 2.75) is 30.2 Å². The van der Waals surface area contributed by atoms with Crippen molar-refractivity contribution >= 4 is 27.3 Å². The fraction of sp³-hybridized carbons (Fsp3) is 0.500. The number of hydrogen-bond donors (Lipinski definition) is 1. The van der Waals surface area contributed by atoms with Crippen molar-refractivity contribution in [1.29, 1.82) is 0 Å². The first-order valence-corrected chi connectivity index (χ1v) is 8.26. The molecule has 1 unspecified atom stereocenters. The van der Waals surface area contributed by atoms with E-state index in [4.69, 9.17) is 11.6 Å². The van der Waals surface area contributed by atoms with Gasteiger partial charge in [0.25, 0.3) is 5.69 Å². The second-order valence-corrected chi connectivity index (χ2v) is 7.11. The molecular formula is C12H15ClN2O5S. The fourth-order valence-corrected chi connectivity index (χ4v) is 4.44. The second-order valence-electron chi connectivity index (χ2n) is 4.82. The Hall–Kier alpha value is -1.22. The number of halogens is 1. The minimum atomic E-state index is -4.04. The summed E-state index contributed by atoms with van der Waals surface area (Å²) in [5.41, 5.74) is -0.551. The normalized spacial score (nSPS) is 20.4. The highest BCUT2D eigenvalue weighted by Gasteiger charge is 2.37. The van der Waals surface area contributed by atoms with Crippen molar-refractivity contribution in [3.05, 3.63) is 33.3 Å². The zero-order chi connectivity index (χ0) is 15.6. The van der Waals surface area contributed by atoms with Gasteiger partial charge in [0.15, 0.2) is 4.90 Å². The van der Waals surface area contributed by atoms with Crippen molar-refractivity contribution in [1.82, 2.24) is 4.31 Å². The number of nitrogens with zero attached hydrogens (tertiary/aromatic N) is 2. The summed E-state index contributed by atoms with van der Waals surface area (Å²) in [7, 11) is -4.04. The lowest BCUT2D eigenvalue weighted by atomic mass is 10.1. The predicted octanol–water partition coefficient (Wildman–Crippen LogP) is 1.78. The van der Waals surface area contributed by atoms with Gasteiger partial charge in [-0.25, -0.2) is 8.42 Å². The van der Waals surface area contributed by atoms with E-state index in [-0.39, 0.29) is 18.2 Å². The van der Waals surface area contributed by atoms with E-state index in [9.17, 15) is 23.6 Å². The molecule has 21 heavy (non-hydrogen) atoms. The Morgan fingerprint density at radius 3 is 2.76 bits per heavy atom.